The van der Waals surface area contributed by atoms with Crippen molar-refractivity contribution in [3.05, 3.63) is 51.7 Å². The monoisotopic (exact) mass is 545 g/mol. The van der Waals surface area contributed by atoms with Gasteiger partial charge in [-0.2, -0.15) is 0 Å². The molecule has 1 aromatic carbocycles. The van der Waals surface area contributed by atoms with Crippen molar-refractivity contribution in [1.29, 1.82) is 0 Å². The molecule has 0 saturated carbocycles. The van der Waals surface area contributed by atoms with Gasteiger partial charge >= 0.3 is 0 Å². The van der Waals surface area contributed by atoms with E-state index in [1.54, 1.807) is 18.4 Å². The summed E-state index contributed by atoms with van der Waals surface area (Å²) in [5.41, 5.74) is 2.34. The third-order valence-corrected chi connectivity index (χ3v) is 6.44. The summed E-state index contributed by atoms with van der Waals surface area (Å²) in [5.74, 6) is 1.31. The van der Waals surface area contributed by atoms with Crippen LogP contribution in [0.5, 0.6) is 0 Å². The first-order valence-corrected chi connectivity index (χ1v) is 11.4. The van der Waals surface area contributed by atoms with Gasteiger partial charge in [0.15, 0.2) is 5.96 Å². The molecule has 1 aliphatic heterocycles. The second-order valence-electron chi connectivity index (χ2n) is 7.56. The number of nitrogens with zero attached hydrogens (tertiary/aromatic N) is 3. The van der Waals surface area contributed by atoms with E-state index in [4.69, 9.17) is 0 Å². The molecule has 8 heteroatoms. The summed E-state index contributed by atoms with van der Waals surface area (Å²) in [7, 11) is 1.80. The van der Waals surface area contributed by atoms with E-state index in [0.29, 0.717) is 5.92 Å². The first kappa shape index (κ1) is 25.0. The van der Waals surface area contributed by atoms with Crippen LogP contribution < -0.4 is 10.6 Å². The standard InChI is InChI=1S/C22H32FN5S.HI/c1-3-21-27-20(16-29-21)15-28-12-9-18(10-13-28)14-26-22(24-2)25-11-8-17-4-6-19(23)7-5-17;/h4-7,16,18H,3,8-15H2,1-2H3,(H2,24,25,26);1H. The molecule has 0 aliphatic carbocycles. The fourth-order valence-corrected chi connectivity index (χ4v) is 4.34. The van der Waals surface area contributed by atoms with Crippen LogP contribution in [0.25, 0.3) is 0 Å². The molecule has 0 radical (unpaired) electrons. The lowest BCUT2D eigenvalue weighted by Gasteiger charge is -2.31. The maximum Gasteiger partial charge on any atom is 0.190 e. The number of aryl methyl sites for hydroxylation is 1. The predicted molar refractivity (Wildman–Crippen MR) is 134 cm³/mol. The number of guanidine groups is 1. The van der Waals surface area contributed by atoms with Gasteiger partial charge in [0.25, 0.3) is 0 Å². The lowest BCUT2D eigenvalue weighted by atomic mass is 9.97. The molecule has 2 N–H and O–H groups in total. The molecule has 3 rings (SSSR count). The second-order valence-corrected chi connectivity index (χ2v) is 8.50. The van der Waals surface area contributed by atoms with Crippen LogP contribution in [0.15, 0.2) is 34.6 Å². The summed E-state index contributed by atoms with van der Waals surface area (Å²) in [6.45, 7) is 7.11. The third kappa shape index (κ3) is 8.11. The van der Waals surface area contributed by atoms with Gasteiger partial charge in [-0.3, -0.25) is 9.89 Å². The maximum atomic E-state index is 13.0. The van der Waals surface area contributed by atoms with E-state index >= 15 is 0 Å². The molecule has 0 spiro atoms. The highest BCUT2D eigenvalue weighted by Crippen LogP contribution is 2.19. The molecule has 0 unspecified atom stereocenters. The SMILES string of the molecule is CCc1nc(CN2CCC(CNC(=NC)NCCc3ccc(F)cc3)CC2)cs1.I. The molecule has 5 nitrogen and oxygen atoms in total. The molecule has 0 amide bonds. The Morgan fingerprint density at radius 3 is 2.60 bits per heavy atom. The number of thiazole rings is 1. The molecule has 166 valence electrons. The van der Waals surface area contributed by atoms with Crippen molar-refractivity contribution in [1.82, 2.24) is 20.5 Å². The summed E-state index contributed by atoms with van der Waals surface area (Å²) in [4.78, 5) is 11.5. The number of aromatic nitrogens is 1. The summed E-state index contributed by atoms with van der Waals surface area (Å²) < 4.78 is 13.0. The Labute approximate surface area is 200 Å². The van der Waals surface area contributed by atoms with E-state index in [1.165, 1.54) is 35.7 Å². The number of halogens is 2. The average molecular weight is 546 g/mol. The van der Waals surface area contributed by atoms with Gasteiger partial charge in [0, 0.05) is 32.1 Å². The van der Waals surface area contributed by atoms with Crippen LogP contribution in [0, 0.1) is 11.7 Å². The highest BCUT2D eigenvalue weighted by molar-refractivity contribution is 14.0. The minimum Gasteiger partial charge on any atom is -0.356 e. The van der Waals surface area contributed by atoms with Crippen molar-refractivity contribution in [3.63, 3.8) is 0 Å². The van der Waals surface area contributed by atoms with Crippen molar-refractivity contribution in [2.45, 2.75) is 39.2 Å². The fourth-order valence-electron chi connectivity index (χ4n) is 3.60. The summed E-state index contributed by atoms with van der Waals surface area (Å²) >= 11 is 1.77. The lowest BCUT2D eigenvalue weighted by Crippen LogP contribution is -2.43. The van der Waals surface area contributed by atoms with Crippen LogP contribution in [0.4, 0.5) is 4.39 Å². The zero-order valence-electron chi connectivity index (χ0n) is 17.9. The van der Waals surface area contributed by atoms with Crippen molar-refractivity contribution in [3.8, 4) is 0 Å². The van der Waals surface area contributed by atoms with E-state index < -0.39 is 0 Å². The number of piperidine rings is 1. The third-order valence-electron chi connectivity index (χ3n) is 5.40. The van der Waals surface area contributed by atoms with Gasteiger partial charge in [0.2, 0.25) is 0 Å². The Kier molecular flexibility index (Phi) is 11.0. The Hall–Kier alpha value is -1.26. The summed E-state index contributed by atoms with van der Waals surface area (Å²) in [5, 5.41) is 10.2. The van der Waals surface area contributed by atoms with Crippen LogP contribution in [0.3, 0.4) is 0 Å². The van der Waals surface area contributed by atoms with Crippen LogP contribution in [0.1, 0.15) is 36.0 Å². The van der Waals surface area contributed by atoms with Crippen LogP contribution in [0.2, 0.25) is 0 Å². The normalized spacial score (nSPS) is 15.6. The largest absolute Gasteiger partial charge is 0.356 e. The summed E-state index contributed by atoms with van der Waals surface area (Å²) in [6.07, 6.45) is 4.27. The quantitative estimate of drug-likeness (QED) is 0.298. The molecule has 1 aliphatic rings. The Balaban J connectivity index is 0.00000320. The number of benzene rings is 1. The van der Waals surface area contributed by atoms with E-state index in [2.05, 4.69) is 37.8 Å². The van der Waals surface area contributed by atoms with Gasteiger partial charge < -0.3 is 10.6 Å². The number of hydrogen-bond acceptors (Lipinski definition) is 4. The minimum atomic E-state index is -0.192. The molecule has 1 saturated heterocycles. The predicted octanol–water partition coefficient (Wildman–Crippen LogP) is 4.08. The first-order valence-electron chi connectivity index (χ1n) is 10.5. The van der Waals surface area contributed by atoms with Crippen LogP contribution >= 0.6 is 35.3 Å². The Bertz CT molecular complexity index is 772. The van der Waals surface area contributed by atoms with E-state index in [0.717, 1.165) is 57.1 Å². The first-order chi connectivity index (χ1) is 14.2. The Morgan fingerprint density at radius 1 is 1.23 bits per heavy atom. The molecular formula is C22H33FIN5S. The van der Waals surface area contributed by atoms with Gasteiger partial charge in [-0.25, -0.2) is 9.37 Å². The highest BCUT2D eigenvalue weighted by Gasteiger charge is 2.20. The van der Waals surface area contributed by atoms with Gasteiger partial charge in [-0.05, 0) is 62.4 Å². The number of aliphatic imine (C=N–C) groups is 1. The van der Waals surface area contributed by atoms with Gasteiger partial charge in [-0.15, -0.1) is 35.3 Å². The zero-order valence-corrected chi connectivity index (χ0v) is 21.0. The Morgan fingerprint density at radius 2 is 1.97 bits per heavy atom. The van der Waals surface area contributed by atoms with Crippen LogP contribution in [-0.2, 0) is 19.4 Å². The average Bonchev–Trinajstić information content (AvgIpc) is 3.20. The van der Waals surface area contributed by atoms with Crippen LogP contribution in [-0.4, -0.2) is 49.1 Å². The molecule has 2 heterocycles. The van der Waals surface area contributed by atoms with Crippen molar-refractivity contribution in [2.24, 2.45) is 10.9 Å². The summed E-state index contributed by atoms with van der Waals surface area (Å²) in [6, 6.07) is 6.67. The van der Waals surface area contributed by atoms with E-state index in [9.17, 15) is 4.39 Å². The number of hydrogen-bond donors (Lipinski definition) is 2. The molecule has 1 aromatic heterocycles. The number of rotatable bonds is 8. The van der Waals surface area contributed by atoms with E-state index in [-0.39, 0.29) is 29.8 Å². The van der Waals surface area contributed by atoms with Crippen molar-refractivity contribution >= 4 is 41.3 Å². The fraction of sp³-hybridized carbons (Fsp3) is 0.545. The zero-order chi connectivity index (χ0) is 20.5. The van der Waals surface area contributed by atoms with Gasteiger partial charge in [0.1, 0.15) is 5.82 Å². The highest BCUT2D eigenvalue weighted by atomic mass is 127. The number of nitrogens with one attached hydrogen (secondary N) is 2. The van der Waals surface area contributed by atoms with Crippen molar-refractivity contribution in [2.75, 3.05) is 33.2 Å². The molecule has 1 fully saturated rings. The molecule has 0 atom stereocenters. The van der Waals surface area contributed by atoms with Crippen molar-refractivity contribution < 1.29 is 4.39 Å². The van der Waals surface area contributed by atoms with E-state index in [1.807, 2.05) is 12.1 Å². The lowest BCUT2D eigenvalue weighted by molar-refractivity contribution is 0.176. The topological polar surface area (TPSA) is 52.6 Å². The minimum absolute atomic E-state index is 0. The second kappa shape index (κ2) is 13.2. The molecule has 2 aromatic rings. The van der Waals surface area contributed by atoms with Gasteiger partial charge in [-0.1, -0.05) is 19.1 Å². The molecule has 30 heavy (non-hydrogen) atoms. The maximum absolute atomic E-state index is 13.0. The molecule has 0 bridgehead atoms. The number of likely N-dealkylation sites (tertiary alicyclic amines) is 1. The molecular weight excluding hydrogens is 512 g/mol. The smallest absolute Gasteiger partial charge is 0.190 e. The van der Waals surface area contributed by atoms with Gasteiger partial charge in [0.05, 0.1) is 10.7 Å².